The number of nitriles is 1. The molecule has 2 heterocycles. The third-order valence-electron chi connectivity index (χ3n) is 4.78. The molecule has 0 saturated heterocycles. The second-order valence-electron chi connectivity index (χ2n) is 7.46. The van der Waals surface area contributed by atoms with E-state index in [1.807, 2.05) is 17.5 Å². The Morgan fingerprint density at radius 3 is 2.88 bits per heavy atom. The van der Waals surface area contributed by atoms with Crippen LogP contribution < -0.4 is 5.32 Å². The minimum Gasteiger partial charge on any atom is -0.313 e. The zero-order chi connectivity index (χ0) is 18.0. The highest BCUT2D eigenvalue weighted by molar-refractivity contribution is 7.16. The predicted octanol–water partition coefficient (Wildman–Crippen LogP) is 5.48. The molecule has 1 amide bonds. The summed E-state index contributed by atoms with van der Waals surface area (Å²) in [5.74, 6) is 0.434. The molecule has 0 bridgehead atoms. The molecule has 25 heavy (non-hydrogen) atoms. The first-order chi connectivity index (χ1) is 11.9. The van der Waals surface area contributed by atoms with Crippen molar-refractivity contribution in [3.63, 3.8) is 0 Å². The van der Waals surface area contributed by atoms with Crippen LogP contribution in [0.3, 0.4) is 0 Å². The number of carbonyl (C=O) groups is 1. The number of anilines is 1. The molecular weight excluding hydrogens is 348 g/mol. The van der Waals surface area contributed by atoms with Gasteiger partial charge in [-0.25, -0.2) is 0 Å². The van der Waals surface area contributed by atoms with Gasteiger partial charge in [-0.15, -0.1) is 22.7 Å². The van der Waals surface area contributed by atoms with E-state index in [9.17, 15) is 10.1 Å². The second kappa shape index (κ2) is 7.15. The lowest BCUT2D eigenvalue weighted by Crippen LogP contribution is -2.26. The van der Waals surface area contributed by atoms with Gasteiger partial charge in [0.1, 0.15) is 11.1 Å². The number of amides is 1. The van der Waals surface area contributed by atoms with E-state index in [1.165, 1.54) is 11.0 Å². The Hall–Kier alpha value is -1.90. The number of thiophene rings is 2. The zero-order valence-electron chi connectivity index (χ0n) is 14.8. The van der Waals surface area contributed by atoms with Crippen molar-refractivity contribution in [3.8, 4) is 6.07 Å². The molecule has 1 N–H and O–H groups in total. The average molecular weight is 371 g/mol. The molecule has 0 radical (unpaired) electrons. The van der Waals surface area contributed by atoms with Crippen LogP contribution in [0.2, 0.25) is 0 Å². The summed E-state index contributed by atoms with van der Waals surface area (Å²) < 4.78 is 0. The Kier molecular flexibility index (Phi) is 5.12. The molecule has 5 heteroatoms. The van der Waals surface area contributed by atoms with Crippen LogP contribution in [0.25, 0.3) is 6.08 Å². The summed E-state index contributed by atoms with van der Waals surface area (Å²) in [4.78, 5) is 14.5. The smallest absolute Gasteiger partial charge is 0.249 e. The fraction of sp³-hybridized carbons (Fsp3) is 0.400. The van der Waals surface area contributed by atoms with Gasteiger partial charge in [0.2, 0.25) is 5.91 Å². The van der Waals surface area contributed by atoms with Crippen molar-refractivity contribution < 1.29 is 4.79 Å². The number of nitrogens with zero attached hydrogens (tertiary/aromatic N) is 1. The van der Waals surface area contributed by atoms with E-state index >= 15 is 0 Å². The van der Waals surface area contributed by atoms with E-state index < -0.39 is 0 Å². The minimum absolute atomic E-state index is 0.184. The number of fused-ring (bicyclic) bond motifs is 1. The maximum absolute atomic E-state index is 12.2. The Bertz CT molecular complexity index is 832. The largest absolute Gasteiger partial charge is 0.313 e. The first kappa shape index (κ1) is 17.9. The Labute approximate surface area is 157 Å². The molecule has 0 aromatic carbocycles. The third-order valence-corrected chi connectivity index (χ3v) is 6.79. The SMILES string of the molecule is CC(C)(C)[C@@H]1CCc2c(sc(NC(=O)/C=C\c3cccs3)c2C#N)C1. The predicted molar refractivity (Wildman–Crippen MR) is 106 cm³/mol. The van der Waals surface area contributed by atoms with Crippen LogP contribution in [-0.4, -0.2) is 5.91 Å². The summed E-state index contributed by atoms with van der Waals surface area (Å²) in [6.45, 7) is 6.83. The lowest BCUT2D eigenvalue weighted by molar-refractivity contribution is -0.111. The summed E-state index contributed by atoms with van der Waals surface area (Å²) in [6.07, 6.45) is 6.36. The first-order valence-corrected chi connectivity index (χ1v) is 10.2. The normalized spacial score (nSPS) is 17.3. The fourth-order valence-electron chi connectivity index (χ4n) is 3.23. The van der Waals surface area contributed by atoms with Crippen LogP contribution in [0.5, 0.6) is 0 Å². The van der Waals surface area contributed by atoms with E-state index in [0.717, 1.165) is 29.7 Å². The lowest BCUT2D eigenvalue weighted by Gasteiger charge is -2.33. The van der Waals surface area contributed by atoms with Crippen molar-refractivity contribution in [1.29, 1.82) is 5.26 Å². The molecule has 0 saturated carbocycles. The van der Waals surface area contributed by atoms with Gasteiger partial charge in [-0.2, -0.15) is 5.26 Å². The molecule has 0 fully saturated rings. The van der Waals surface area contributed by atoms with Gasteiger partial charge in [0, 0.05) is 15.8 Å². The number of rotatable bonds is 3. The van der Waals surface area contributed by atoms with Crippen molar-refractivity contribution in [2.75, 3.05) is 5.32 Å². The summed E-state index contributed by atoms with van der Waals surface area (Å²) in [5.41, 5.74) is 2.07. The topological polar surface area (TPSA) is 52.9 Å². The van der Waals surface area contributed by atoms with Gasteiger partial charge in [-0.3, -0.25) is 4.79 Å². The molecule has 3 nitrogen and oxygen atoms in total. The van der Waals surface area contributed by atoms with Crippen LogP contribution >= 0.6 is 22.7 Å². The Balaban J connectivity index is 1.78. The van der Waals surface area contributed by atoms with Crippen LogP contribution in [0.4, 0.5) is 5.00 Å². The molecule has 130 valence electrons. The highest BCUT2D eigenvalue weighted by Crippen LogP contribution is 2.43. The molecule has 2 aromatic rings. The molecule has 0 unspecified atom stereocenters. The van der Waals surface area contributed by atoms with Crippen LogP contribution in [0, 0.1) is 22.7 Å². The highest BCUT2D eigenvalue weighted by atomic mass is 32.1. The molecular formula is C20H22N2OS2. The molecule has 3 rings (SSSR count). The van der Waals surface area contributed by atoms with E-state index in [-0.39, 0.29) is 11.3 Å². The number of nitrogens with one attached hydrogen (secondary N) is 1. The summed E-state index contributed by atoms with van der Waals surface area (Å²) in [5, 5.41) is 15.2. The van der Waals surface area contributed by atoms with Crippen molar-refractivity contribution >= 4 is 39.7 Å². The monoisotopic (exact) mass is 370 g/mol. The van der Waals surface area contributed by atoms with E-state index in [0.29, 0.717) is 16.5 Å². The summed E-state index contributed by atoms with van der Waals surface area (Å²) >= 11 is 3.16. The van der Waals surface area contributed by atoms with Gasteiger partial charge in [0.25, 0.3) is 0 Å². The number of hydrogen-bond donors (Lipinski definition) is 1. The van der Waals surface area contributed by atoms with Crippen molar-refractivity contribution in [3.05, 3.63) is 44.5 Å². The zero-order valence-corrected chi connectivity index (χ0v) is 16.4. The molecule has 1 aliphatic rings. The third kappa shape index (κ3) is 4.02. The second-order valence-corrected chi connectivity index (χ2v) is 9.55. The van der Waals surface area contributed by atoms with Crippen LogP contribution in [0.15, 0.2) is 23.6 Å². The van der Waals surface area contributed by atoms with Gasteiger partial charge in [-0.1, -0.05) is 26.8 Å². The first-order valence-electron chi connectivity index (χ1n) is 8.45. The van der Waals surface area contributed by atoms with Gasteiger partial charge >= 0.3 is 0 Å². The summed E-state index contributed by atoms with van der Waals surface area (Å²) in [7, 11) is 0. The lowest BCUT2D eigenvalue weighted by atomic mass is 9.72. The molecule has 2 aromatic heterocycles. The quantitative estimate of drug-likeness (QED) is 0.727. The van der Waals surface area contributed by atoms with Crippen molar-refractivity contribution in [1.82, 2.24) is 0 Å². The highest BCUT2D eigenvalue weighted by Gasteiger charge is 2.32. The average Bonchev–Trinajstić information content (AvgIpc) is 3.18. The minimum atomic E-state index is -0.184. The van der Waals surface area contributed by atoms with Crippen LogP contribution in [0.1, 0.15) is 48.1 Å². The number of hydrogen-bond acceptors (Lipinski definition) is 4. The van der Waals surface area contributed by atoms with E-state index in [4.69, 9.17) is 0 Å². The standard InChI is InChI=1S/C20H22N2OS2/c1-20(2,3)13-6-8-15-16(12-21)19(25-17(15)11-13)22-18(23)9-7-14-5-4-10-24-14/h4-5,7,9-10,13H,6,8,11H2,1-3H3,(H,22,23)/b9-7-/t13-/m1/s1. The molecule has 1 aliphatic carbocycles. The van der Waals surface area contributed by atoms with Crippen LogP contribution in [-0.2, 0) is 17.6 Å². The molecule has 0 spiro atoms. The summed E-state index contributed by atoms with van der Waals surface area (Å²) in [6, 6.07) is 6.22. The maximum Gasteiger partial charge on any atom is 0.249 e. The van der Waals surface area contributed by atoms with Crippen molar-refractivity contribution in [2.24, 2.45) is 11.3 Å². The Morgan fingerprint density at radius 2 is 2.24 bits per heavy atom. The fourth-order valence-corrected chi connectivity index (χ4v) is 5.13. The van der Waals surface area contributed by atoms with Gasteiger partial charge in [0.05, 0.1) is 5.56 Å². The van der Waals surface area contributed by atoms with Gasteiger partial charge in [-0.05, 0) is 53.7 Å². The van der Waals surface area contributed by atoms with E-state index in [1.54, 1.807) is 28.7 Å². The molecule has 1 atom stereocenters. The number of carbonyl (C=O) groups excluding carboxylic acids is 1. The van der Waals surface area contributed by atoms with E-state index in [2.05, 4.69) is 32.2 Å². The van der Waals surface area contributed by atoms with Crippen molar-refractivity contribution in [2.45, 2.75) is 40.0 Å². The van der Waals surface area contributed by atoms with Gasteiger partial charge < -0.3 is 5.32 Å². The maximum atomic E-state index is 12.2. The molecule has 0 aliphatic heterocycles. The van der Waals surface area contributed by atoms with Gasteiger partial charge in [0.15, 0.2) is 0 Å². The Morgan fingerprint density at radius 1 is 1.44 bits per heavy atom.